The van der Waals surface area contributed by atoms with Crippen LogP contribution >= 0.6 is 0 Å². The van der Waals surface area contributed by atoms with Crippen LogP contribution in [0.25, 0.3) is 0 Å². The van der Waals surface area contributed by atoms with Gasteiger partial charge in [0.2, 0.25) is 0 Å². The van der Waals surface area contributed by atoms with Crippen molar-refractivity contribution in [3.8, 4) is 0 Å². The largest absolute Gasteiger partial charge is 0.330 e. The Morgan fingerprint density at radius 3 is 2.88 bits per heavy atom. The third kappa shape index (κ3) is 3.05. The minimum absolute atomic E-state index is 0.475. The van der Waals surface area contributed by atoms with E-state index in [0.717, 1.165) is 24.4 Å². The van der Waals surface area contributed by atoms with Gasteiger partial charge in [-0.2, -0.15) is 0 Å². The summed E-state index contributed by atoms with van der Waals surface area (Å²) >= 11 is 0. The number of aliphatic imine (C=N–C) groups is 1. The molecule has 1 heterocycles. The van der Waals surface area contributed by atoms with Gasteiger partial charge < -0.3 is 5.73 Å². The van der Waals surface area contributed by atoms with E-state index in [2.05, 4.69) is 10.5 Å². The fourth-order valence-corrected chi connectivity index (χ4v) is 1.65. The molecule has 2 rings (SSSR count). The van der Waals surface area contributed by atoms with Gasteiger partial charge in [0.25, 0.3) is 0 Å². The minimum Gasteiger partial charge on any atom is -0.330 e. The zero-order valence-electron chi connectivity index (χ0n) is 9.23. The molecular weight excluding hydrogens is 202 g/mol. The zero-order valence-corrected chi connectivity index (χ0v) is 9.23. The monoisotopic (exact) mass is 219 g/mol. The molecule has 1 aliphatic rings. The van der Waals surface area contributed by atoms with Gasteiger partial charge in [0.05, 0.1) is 6.61 Å². The maximum Gasteiger partial charge on any atom is 0.121 e. The number of hydroxylamine groups is 1. The number of amidine groups is 1. The van der Waals surface area contributed by atoms with Gasteiger partial charge in [-0.1, -0.05) is 30.3 Å². The summed E-state index contributed by atoms with van der Waals surface area (Å²) in [5, 5.41) is 0. The number of hydrogen-bond donors (Lipinski definition) is 2. The van der Waals surface area contributed by atoms with Gasteiger partial charge in [-0.15, -0.1) is 0 Å². The van der Waals surface area contributed by atoms with Crippen molar-refractivity contribution in [3.63, 3.8) is 0 Å². The van der Waals surface area contributed by atoms with E-state index >= 15 is 0 Å². The molecule has 4 heteroatoms. The summed E-state index contributed by atoms with van der Waals surface area (Å²) in [6.07, 6.45) is 0.894. The molecule has 16 heavy (non-hydrogen) atoms. The average Bonchev–Trinajstić information content (AvgIpc) is 2.78. The van der Waals surface area contributed by atoms with Crippen molar-refractivity contribution >= 4 is 5.84 Å². The second kappa shape index (κ2) is 5.63. The first-order valence-corrected chi connectivity index (χ1v) is 5.53. The van der Waals surface area contributed by atoms with E-state index in [9.17, 15) is 0 Å². The van der Waals surface area contributed by atoms with Gasteiger partial charge in [-0.25, -0.2) is 0 Å². The molecule has 1 aliphatic heterocycles. The molecule has 0 aliphatic carbocycles. The number of nitrogens with one attached hydrogen (secondary N) is 1. The summed E-state index contributed by atoms with van der Waals surface area (Å²) in [6.45, 7) is 2.05. The van der Waals surface area contributed by atoms with Gasteiger partial charge in [0.1, 0.15) is 5.84 Å². The first kappa shape index (κ1) is 11.1. The topological polar surface area (TPSA) is 59.6 Å². The van der Waals surface area contributed by atoms with Gasteiger partial charge in [0, 0.05) is 13.0 Å². The third-order valence-electron chi connectivity index (χ3n) is 2.63. The van der Waals surface area contributed by atoms with E-state index in [-0.39, 0.29) is 0 Å². The van der Waals surface area contributed by atoms with Crippen LogP contribution in [0.15, 0.2) is 35.3 Å². The van der Waals surface area contributed by atoms with Crippen molar-refractivity contribution < 1.29 is 4.84 Å². The van der Waals surface area contributed by atoms with Gasteiger partial charge in [-0.05, 0) is 18.0 Å². The Balaban J connectivity index is 1.69. The maximum absolute atomic E-state index is 5.57. The van der Waals surface area contributed by atoms with Crippen molar-refractivity contribution in [2.75, 3.05) is 13.1 Å². The van der Waals surface area contributed by atoms with Crippen molar-refractivity contribution in [2.24, 2.45) is 16.6 Å². The molecule has 0 aromatic heterocycles. The first-order chi connectivity index (χ1) is 7.88. The third-order valence-corrected chi connectivity index (χ3v) is 2.63. The Hall–Kier alpha value is -1.39. The highest BCUT2D eigenvalue weighted by Gasteiger charge is 2.16. The lowest BCUT2D eigenvalue weighted by atomic mass is 10.1. The van der Waals surface area contributed by atoms with Crippen LogP contribution < -0.4 is 11.2 Å². The molecule has 0 saturated carbocycles. The zero-order chi connectivity index (χ0) is 11.2. The van der Waals surface area contributed by atoms with Gasteiger partial charge in [-0.3, -0.25) is 15.3 Å². The molecule has 0 fully saturated rings. The van der Waals surface area contributed by atoms with E-state index in [1.165, 1.54) is 0 Å². The first-order valence-electron chi connectivity index (χ1n) is 5.53. The molecule has 1 aromatic rings. The number of hydrogen-bond acceptors (Lipinski definition) is 4. The van der Waals surface area contributed by atoms with E-state index in [0.29, 0.717) is 19.1 Å². The standard InChI is InChI=1S/C12H17N3O/c13-7-11-6-12(14-8-11)15-16-9-10-4-2-1-3-5-10/h1-5,11H,6-9,13H2,(H,14,15). The summed E-state index contributed by atoms with van der Waals surface area (Å²) in [4.78, 5) is 9.69. The van der Waals surface area contributed by atoms with Crippen molar-refractivity contribution in [1.82, 2.24) is 5.48 Å². The van der Waals surface area contributed by atoms with Crippen molar-refractivity contribution in [3.05, 3.63) is 35.9 Å². The molecule has 0 saturated heterocycles. The van der Waals surface area contributed by atoms with Gasteiger partial charge in [0.15, 0.2) is 0 Å². The number of nitrogens with two attached hydrogens (primary N) is 1. The predicted molar refractivity (Wildman–Crippen MR) is 63.8 cm³/mol. The Morgan fingerprint density at radius 1 is 1.38 bits per heavy atom. The summed E-state index contributed by atoms with van der Waals surface area (Å²) < 4.78 is 0. The molecule has 0 radical (unpaired) electrons. The average molecular weight is 219 g/mol. The minimum atomic E-state index is 0.475. The van der Waals surface area contributed by atoms with Crippen LogP contribution in [0.3, 0.4) is 0 Å². The highest BCUT2D eigenvalue weighted by Crippen LogP contribution is 2.10. The van der Waals surface area contributed by atoms with Crippen LogP contribution in [0.2, 0.25) is 0 Å². The number of rotatable bonds is 4. The summed E-state index contributed by atoms with van der Waals surface area (Å²) in [7, 11) is 0. The molecule has 1 aromatic carbocycles. The maximum atomic E-state index is 5.57. The molecule has 1 atom stereocenters. The molecule has 4 nitrogen and oxygen atoms in total. The molecular formula is C12H17N3O. The molecule has 3 N–H and O–H groups in total. The van der Waals surface area contributed by atoms with Crippen LogP contribution in [0, 0.1) is 5.92 Å². The second-order valence-corrected chi connectivity index (χ2v) is 3.97. The fourth-order valence-electron chi connectivity index (χ4n) is 1.65. The van der Waals surface area contributed by atoms with E-state index < -0.39 is 0 Å². The van der Waals surface area contributed by atoms with Crippen LogP contribution in [-0.4, -0.2) is 18.9 Å². The molecule has 0 amide bonds. The Morgan fingerprint density at radius 2 is 2.19 bits per heavy atom. The lowest BCUT2D eigenvalue weighted by Crippen LogP contribution is -2.24. The summed E-state index contributed by atoms with van der Waals surface area (Å²) in [6, 6.07) is 10.0. The van der Waals surface area contributed by atoms with Crippen molar-refractivity contribution in [2.45, 2.75) is 13.0 Å². The normalized spacial score (nSPS) is 19.6. The molecule has 0 spiro atoms. The molecule has 1 unspecified atom stereocenters. The highest BCUT2D eigenvalue weighted by molar-refractivity contribution is 5.82. The number of nitrogens with zero attached hydrogens (tertiary/aromatic N) is 1. The quantitative estimate of drug-likeness (QED) is 0.745. The molecule has 0 bridgehead atoms. The van der Waals surface area contributed by atoms with E-state index in [4.69, 9.17) is 10.6 Å². The predicted octanol–water partition coefficient (Wildman–Crippen LogP) is 1.08. The smallest absolute Gasteiger partial charge is 0.121 e. The molecule has 86 valence electrons. The second-order valence-electron chi connectivity index (χ2n) is 3.97. The SMILES string of the molecule is NCC1CN=C(NOCc2ccccc2)C1. The lowest BCUT2D eigenvalue weighted by molar-refractivity contribution is 0.0700. The van der Waals surface area contributed by atoms with Crippen LogP contribution in [0.4, 0.5) is 0 Å². The van der Waals surface area contributed by atoms with E-state index in [1.807, 2.05) is 30.3 Å². The van der Waals surface area contributed by atoms with Crippen LogP contribution in [0.1, 0.15) is 12.0 Å². The summed E-state index contributed by atoms with van der Waals surface area (Å²) in [5.74, 6) is 1.38. The van der Waals surface area contributed by atoms with E-state index in [1.54, 1.807) is 0 Å². The Labute approximate surface area is 95.5 Å². The number of benzene rings is 1. The lowest BCUT2D eigenvalue weighted by Gasteiger charge is -2.07. The van der Waals surface area contributed by atoms with Crippen LogP contribution in [0.5, 0.6) is 0 Å². The Bertz CT molecular complexity index is 351. The van der Waals surface area contributed by atoms with Crippen molar-refractivity contribution in [1.29, 1.82) is 0 Å². The fraction of sp³-hybridized carbons (Fsp3) is 0.417. The highest BCUT2D eigenvalue weighted by atomic mass is 16.6. The Kier molecular flexibility index (Phi) is 3.91. The van der Waals surface area contributed by atoms with Crippen LogP contribution in [-0.2, 0) is 11.4 Å². The van der Waals surface area contributed by atoms with Gasteiger partial charge >= 0.3 is 0 Å². The summed E-state index contributed by atoms with van der Waals surface area (Å²) in [5.41, 5.74) is 9.61.